The lowest BCUT2D eigenvalue weighted by molar-refractivity contribution is 0.505. The molecule has 0 amide bonds. The minimum Gasteiger partial charge on any atom is -0.312 e. The Morgan fingerprint density at radius 1 is 1.25 bits per heavy atom. The molecular weight excluding hydrogens is 50.0 g/mol. The van der Waals surface area contributed by atoms with Crippen molar-refractivity contribution in [1.82, 2.24) is 4.90 Å². The number of rotatable bonds is 0. The quantitative estimate of drug-likeness (QED) is 0.393. The Bertz CT molecular complexity index is 11.6. The maximum atomic E-state index is 2.00. The summed E-state index contributed by atoms with van der Waals surface area (Å²) in [4.78, 5) is 2.00. The van der Waals surface area contributed by atoms with Gasteiger partial charge in [0.1, 0.15) is 0 Å². The average Bonchev–Trinajstić information content (AvgIpc) is 0.811. The van der Waals surface area contributed by atoms with Crippen LogP contribution in [0.4, 0.5) is 0 Å². The standard InChI is InChI=1S/C3H9N.H2/c1-4(2)3;/h1-3H3;1H/i;1+1. The van der Waals surface area contributed by atoms with Crippen LogP contribution in [0.25, 0.3) is 0 Å². The van der Waals surface area contributed by atoms with Crippen LogP contribution in [-0.2, 0) is 0 Å². The second kappa shape index (κ2) is 1.30. The van der Waals surface area contributed by atoms with Gasteiger partial charge >= 0.3 is 0 Å². The molecule has 0 saturated heterocycles. The second-order valence-corrected chi connectivity index (χ2v) is 1.34. The van der Waals surface area contributed by atoms with Gasteiger partial charge in [0.25, 0.3) is 0 Å². The van der Waals surface area contributed by atoms with Gasteiger partial charge < -0.3 is 4.90 Å². The largest absolute Gasteiger partial charge is 0.312 e. The number of hydrogen-bond donors (Lipinski definition) is 0. The molecule has 1 nitrogen and oxygen atoms in total. The van der Waals surface area contributed by atoms with Crippen molar-refractivity contribution >= 4 is 0 Å². The molecule has 0 bridgehead atoms. The van der Waals surface area contributed by atoms with Gasteiger partial charge in [-0.15, -0.1) is 0 Å². The van der Waals surface area contributed by atoms with Crippen LogP contribution in [0.5, 0.6) is 0 Å². The summed E-state index contributed by atoms with van der Waals surface area (Å²) in [7, 11) is 6.00. The molecule has 28 valence electrons. The van der Waals surface area contributed by atoms with Crippen LogP contribution >= 0.6 is 0 Å². The molecule has 0 rings (SSSR count). The van der Waals surface area contributed by atoms with Gasteiger partial charge in [0.2, 0.25) is 0 Å². The smallest absolute Gasteiger partial charge is 0 e. The summed E-state index contributed by atoms with van der Waals surface area (Å²) in [6.45, 7) is 0. The monoisotopic (exact) mass is 62.1 g/mol. The van der Waals surface area contributed by atoms with E-state index in [0.717, 1.165) is 0 Å². The molecular formula is C3H11N. The van der Waals surface area contributed by atoms with Gasteiger partial charge in [0, 0.05) is 1.43 Å². The van der Waals surface area contributed by atoms with Crippen molar-refractivity contribution in [3.05, 3.63) is 0 Å². The molecule has 1 heteroatoms. The third-order valence-electron chi connectivity index (χ3n) is 0. The van der Waals surface area contributed by atoms with E-state index in [1.165, 1.54) is 0 Å². The maximum absolute atomic E-state index is 2.00. The topological polar surface area (TPSA) is 3.24 Å². The molecule has 0 saturated carbocycles. The Labute approximate surface area is 28.7 Å². The molecule has 0 aromatic heterocycles. The molecule has 0 spiro atoms. The van der Waals surface area contributed by atoms with Gasteiger partial charge in [-0.25, -0.2) is 0 Å². The van der Waals surface area contributed by atoms with Crippen LogP contribution in [-0.4, -0.2) is 26.0 Å². The first kappa shape index (κ1) is 3.96. The first-order chi connectivity index (χ1) is 1.73. The summed E-state index contributed by atoms with van der Waals surface area (Å²) in [5, 5.41) is 0. The number of hydrogen-bond acceptors (Lipinski definition) is 1. The average molecular weight is 62.1 g/mol. The number of nitrogens with zero attached hydrogens (tertiary/aromatic N) is 1. The van der Waals surface area contributed by atoms with Gasteiger partial charge in [-0.05, 0) is 21.1 Å². The van der Waals surface area contributed by atoms with E-state index in [9.17, 15) is 0 Å². The zero-order valence-corrected chi connectivity index (χ0v) is 3.45. The summed E-state index contributed by atoms with van der Waals surface area (Å²) in [5.41, 5.74) is 0. The summed E-state index contributed by atoms with van der Waals surface area (Å²) in [5.74, 6) is 0. The highest BCUT2D eigenvalue weighted by molar-refractivity contribution is 4.09. The fourth-order valence-corrected chi connectivity index (χ4v) is 0. The van der Waals surface area contributed by atoms with E-state index in [1.807, 2.05) is 26.0 Å². The van der Waals surface area contributed by atoms with E-state index < -0.39 is 0 Å². The molecule has 0 aliphatic rings. The van der Waals surface area contributed by atoms with Crippen LogP contribution in [0.15, 0.2) is 0 Å². The van der Waals surface area contributed by atoms with Crippen LogP contribution in [0.2, 0.25) is 0 Å². The van der Waals surface area contributed by atoms with Gasteiger partial charge in [-0.2, -0.15) is 0 Å². The van der Waals surface area contributed by atoms with E-state index in [2.05, 4.69) is 0 Å². The highest BCUT2D eigenvalue weighted by atomic mass is 15.0. The van der Waals surface area contributed by atoms with E-state index >= 15 is 0 Å². The highest BCUT2D eigenvalue weighted by Crippen LogP contribution is 1.47. The second-order valence-electron chi connectivity index (χ2n) is 1.34. The first-order valence-corrected chi connectivity index (χ1v) is 1.34. The maximum Gasteiger partial charge on any atom is 0 e. The lowest BCUT2D eigenvalue weighted by Crippen LogP contribution is -1.99. The first-order valence-electron chi connectivity index (χ1n) is 1.34. The predicted molar refractivity (Wildman–Crippen MR) is 21.7 cm³/mol. The Kier molecular flexibility index (Phi) is 1.28. The van der Waals surface area contributed by atoms with Crippen molar-refractivity contribution in [3.63, 3.8) is 0 Å². The van der Waals surface area contributed by atoms with E-state index in [0.29, 0.717) is 0 Å². The van der Waals surface area contributed by atoms with Gasteiger partial charge in [-0.3, -0.25) is 0 Å². The fourth-order valence-electron chi connectivity index (χ4n) is 0. The molecule has 0 aliphatic carbocycles. The molecule has 0 aromatic rings. The van der Waals surface area contributed by atoms with Crippen LogP contribution in [0, 0.1) is 0 Å². The van der Waals surface area contributed by atoms with Crippen molar-refractivity contribution in [2.45, 2.75) is 0 Å². The van der Waals surface area contributed by atoms with Crippen molar-refractivity contribution in [2.24, 2.45) is 0 Å². The predicted octanol–water partition coefficient (Wildman–Crippen LogP) is 0.424. The van der Waals surface area contributed by atoms with Crippen LogP contribution in [0.1, 0.15) is 1.43 Å². The Hall–Kier alpha value is -0.0400. The van der Waals surface area contributed by atoms with Crippen molar-refractivity contribution < 1.29 is 1.43 Å². The van der Waals surface area contributed by atoms with Crippen molar-refractivity contribution in [3.8, 4) is 0 Å². The lowest BCUT2D eigenvalue weighted by atomic mass is 11.0. The van der Waals surface area contributed by atoms with E-state index in [-0.39, 0.29) is 1.43 Å². The molecule has 0 atom stereocenters. The fraction of sp³-hybridized carbons (Fsp3) is 1.00. The Morgan fingerprint density at radius 3 is 1.25 bits per heavy atom. The highest BCUT2D eigenvalue weighted by Gasteiger charge is 1.58. The minimum atomic E-state index is 0. The molecule has 0 radical (unpaired) electrons. The Balaban J connectivity index is 0. The SMILES string of the molecule is CN(C)C.[2HH]. The van der Waals surface area contributed by atoms with Gasteiger partial charge in [0.15, 0.2) is 0 Å². The third kappa shape index (κ3) is 1130. The van der Waals surface area contributed by atoms with Crippen molar-refractivity contribution in [1.29, 1.82) is 0 Å². The normalized spacial score (nSPS) is 9.00. The summed E-state index contributed by atoms with van der Waals surface area (Å²) < 4.78 is 0. The molecule has 0 unspecified atom stereocenters. The molecule has 0 aromatic carbocycles. The zero-order valence-electron chi connectivity index (χ0n) is 3.45. The van der Waals surface area contributed by atoms with Crippen molar-refractivity contribution in [2.75, 3.05) is 21.1 Å². The molecule has 0 fully saturated rings. The lowest BCUT2D eigenvalue weighted by Gasteiger charge is -1.90. The summed E-state index contributed by atoms with van der Waals surface area (Å²) in [6.07, 6.45) is 0. The molecule has 0 N–H and O–H groups in total. The molecule has 0 heterocycles. The van der Waals surface area contributed by atoms with E-state index in [1.54, 1.807) is 0 Å². The Morgan fingerprint density at radius 2 is 1.25 bits per heavy atom. The zero-order chi connectivity index (χ0) is 3.58. The van der Waals surface area contributed by atoms with E-state index in [4.69, 9.17) is 0 Å². The van der Waals surface area contributed by atoms with Crippen LogP contribution in [0.3, 0.4) is 0 Å². The summed E-state index contributed by atoms with van der Waals surface area (Å²) in [6, 6.07) is 0. The molecule has 0 aliphatic heterocycles. The van der Waals surface area contributed by atoms with Crippen LogP contribution < -0.4 is 0 Å². The molecule has 4 heavy (non-hydrogen) atoms. The van der Waals surface area contributed by atoms with Gasteiger partial charge in [-0.1, -0.05) is 0 Å². The van der Waals surface area contributed by atoms with Gasteiger partial charge in [0.05, 0.1) is 0 Å². The summed E-state index contributed by atoms with van der Waals surface area (Å²) >= 11 is 0. The minimum absolute atomic E-state index is 0. The third-order valence-corrected chi connectivity index (χ3v) is 0.